The zero-order chi connectivity index (χ0) is 10.8. The molecule has 1 saturated heterocycles. The van der Waals surface area contributed by atoms with Crippen molar-refractivity contribution in [2.24, 2.45) is 0 Å². The van der Waals surface area contributed by atoms with Gasteiger partial charge in [0.15, 0.2) is 0 Å². The average Bonchev–Trinajstić information content (AvgIpc) is 2.27. The fraction of sp³-hybridized carbons (Fsp3) is 1.00. The van der Waals surface area contributed by atoms with E-state index in [1.54, 1.807) is 6.92 Å². The van der Waals surface area contributed by atoms with Crippen molar-refractivity contribution < 1.29 is 10.2 Å². The number of likely N-dealkylation sites (tertiary alicyclic amines) is 1. The first-order valence-corrected chi connectivity index (χ1v) is 5.62. The van der Waals surface area contributed by atoms with Crippen molar-refractivity contribution in [3.05, 3.63) is 0 Å². The molecule has 1 fully saturated rings. The van der Waals surface area contributed by atoms with Crippen molar-refractivity contribution in [1.82, 2.24) is 4.90 Å². The van der Waals surface area contributed by atoms with Crippen LogP contribution >= 0.6 is 0 Å². The van der Waals surface area contributed by atoms with Gasteiger partial charge in [-0.1, -0.05) is 6.92 Å². The first-order valence-electron chi connectivity index (χ1n) is 5.62. The Morgan fingerprint density at radius 1 is 1.50 bits per heavy atom. The molecule has 0 aliphatic carbocycles. The molecule has 1 aliphatic heterocycles. The van der Waals surface area contributed by atoms with Crippen LogP contribution in [0.3, 0.4) is 0 Å². The Morgan fingerprint density at radius 3 is 2.71 bits per heavy atom. The van der Waals surface area contributed by atoms with E-state index in [9.17, 15) is 10.2 Å². The van der Waals surface area contributed by atoms with Gasteiger partial charge >= 0.3 is 0 Å². The zero-order valence-corrected chi connectivity index (χ0v) is 9.53. The van der Waals surface area contributed by atoms with Gasteiger partial charge in [-0.25, -0.2) is 0 Å². The van der Waals surface area contributed by atoms with E-state index >= 15 is 0 Å². The molecule has 14 heavy (non-hydrogen) atoms. The third kappa shape index (κ3) is 2.69. The van der Waals surface area contributed by atoms with Crippen LogP contribution in [0.2, 0.25) is 0 Å². The van der Waals surface area contributed by atoms with E-state index in [1.165, 1.54) is 0 Å². The van der Waals surface area contributed by atoms with Crippen LogP contribution in [-0.2, 0) is 0 Å². The van der Waals surface area contributed by atoms with Gasteiger partial charge in [0.05, 0.1) is 11.7 Å². The maximum Gasteiger partial charge on any atom is 0.0890 e. The lowest BCUT2D eigenvalue weighted by molar-refractivity contribution is -0.0623. The van der Waals surface area contributed by atoms with Crippen molar-refractivity contribution in [3.8, 4) is 0 Å². The summed E-state index contributed by atoms with van der Waals surface area (Å²) in [5.74, 6) is 0. The van der Waals surface area contributed by atoms with E-state index in [1.807, 2.05) is 0 Å². The summed E-state index contributed by atoms with van der Waals surface area (Å²) in [5.41, 5.74) is -0.901. The smallest absolute Gasteiger partial charge is 0.0890 e. The maximum atomic E-state index is 9.92. The summed E-state index contributed by atoms with van der Waals surface area (Å²) in [4.78, 5) is 2.35. The Kier molecular flexibility index (Phi) is 3.93. The number of hydrogen-bond donors (Lipinski definition) is 2. The lowest BCUT2D eigenvalue weighted by atomic mass is 9.94. The van der Waals surface area contributed by atoms with E-state index in [0.29, 0.717) is 18.9 Å². The van der Waals surface area contributed by atoms with Crippen molar-refractivity contribution in [1.29, 1.82) is 0 Å². The molecule has 1 heterocycles. The average molecular weight is 201 g/mol. The van der Waals surface area contributed by atoms with Crippen LogP contribution in [0, 0.1) is 0 Å². The Hall–Kier alpha value is -0.120. The minimum atomic E-state index is -0.901. The third-order valence-electron chi connectivity index (χ3n) is 3.53. The van der Waals surface area contributed by atoms with Crippen molar-refractivity contribution in [2.75, 3.05) is 13.1 Å². The van der Waals surface area contributed by atoms with Crippen LogP contribution in [-0.4, -0.2) is 45.9 Å². The van der Waals surface area contributed by atoms with E-state index < -0.39 is 11.7 Å². The van der Waals surface area contributed by atoms with Gasteiger partial charge in [0, 0.05) is 19.1 Å². The summed E-state index contributed by atoms with van der Waals surface area (Å²) in [6, 6.07) is 0.552. The SMILES string of the molecule is CC[C@H](C)N1CC[C@@H](O)[C@](C)(O)CC1. The number of rotatable bonds is 2. The summed E-state index contributed by atoms with van der Waals surface area (Å²) < 4.78 is 0. The van der Waals surface area contributed by atoms with Gasteiger partial charge in [-0.15, -0.1) is 0 Å². The van der Waals surface area contributed by atoms with E-state index in [0.717, 1.165) is 19.5 Å². The molecule has 0 unspecified atom stereocenters. The Morgan fingerprint density at radius 2 is 2.14 bits per heavy atom. The number of aliphatic hydroxyl groups excluding tert-OH is 1. The molecule has 1 aliphatic rings. The fourth-order valence-corrected chi connectivity index (χ4v) is 1.95. The van der Waals surface area contributed by atoms with E-state index in [-0.39, 0.29) is 0 Å². The Bertz CT molecular complexity index is 182. The molecule has 3 atom stereocenters. The molecule has 0 radical (unpaired) electrons. The minimum absolute atomic E-state index is 0.552. The van der Waals surface area contributed by atoms with E-state index in [2.05, 4.69) is 18.7 Å². The third-order valence-corrected chi connectivity index (χ3v) is 3.53. The second-order valence-corrected chi connectivity index (χ2v) is 4.70. The molecule has 0 spiro atoms. The molecule has 0 saturated carbocycles. The van der Waals surface area contributed by atoms with Crippen LogP contribution in [0.1, 0.15) is 40.0 Å². The minimum Gasteiger partial charge on any atom is -0.390 e. The lowest BCUT2D eigenvalue weighted by Gasteiger charge is -2.27. The molecule has 3 heteroatoms. The molecule has 0 bridgehead atoms. The molecule has 2 N–H and O–H groups in total. The van der Waals surface area contributed by atoms with Gasteiger partial charge in [-0.2, -0.15) is 0 Å². The number of nitrogens with zero attached hydrogens (tertiary/aromatic N) is 1. The summed E-state index contributed by atoms with van der Waals surface area (Å²) in [5, 5.41) is 19.6. The highest BCUT2D eigenvalue weighted by Crippen LogP contribution is 2.23. The first kappa shape index (κ1) is 12.0. The van der Waals surface area contributed by atoms with Crippen molar-refractivity contribution in [2.45, 2.75) is 57.8 Å². The molecular weight excluding hydrogens is 178 g/mol. The van der Waals surface area contributed by atoms with Crippen LogP contribution in [0.4, 0.5) is 0 Å². The van der Waals surface area contributed by atoms with Gasteiger partial charge in [0.25, 0.3) is 0 Å². The van der Waals surface area contributed by atoms with Gasteiger partial charge in [0.1, 0.15) is 0 Å². The lowest BCUT2D eigenvalue weighted by Crippen LogP contribution is -2.39. The molecule has 0 aromatic heterocycles. The molecule has 84 valence electrons. The predicted octanol–water partition coefficient (Wildman–Crippen LogP) is 0.993. The predicted molar refractivity (Wildman–Crippen MR) is 57.2 cm³/mol. The summed E-state index contributed by atoms with van der Waals surface area (Å²) in [7, 11) is 0. The first-order chi connectivity index (χ1) is 6.47. The summed E-state index contributed by atoms with van der Waals surface area (Å²) in [6.07, 6.45) is 1.89. The highest BCUT2D eigenvalue weighted by molar-refractivity contribution is 4.87. The molecule has 0 aromatic rings. The van der Waals surface area contributed by atoms with Gasteiger partial charge < -0.3 is 15.1 Å². The number of aliphatic hydroxyl groups is 2. The number of hydrogen-bond acceptors (Lipinski definition) is 3. The topological polar surface area (TPSA) is 43.7 Å². The van der Waals surface area contributed by atoms with Gasteiger partial charge in [-0.05, 0) is 33.1 Å². The Labute approximate surface area is 86.7 Å². The fourth-order valence-electron chi connectivity index (χ4n) is 1.95. The molecule has 0 aromatic carbocycles. The normalized spacial score (nSPS) is 37.9. The van der Waals surface area contributed by atoms with Crippen LogP contribution in [0.25, 0.3) is 0 Å². The zero-order valence-electron chi connectivity index (χ0n) is 9.53. The Balaban J connectivity index is 2.56. The van der Waals surface area contributed by atoms with Gasteiger partial charge in [0.2, 0.25) is 0 Å². The summed E-state index contributed by atoms with van der Waals surface area (Å²) >= 11 is 0. The van der Waals surface area contributed by atoms with Crippen LogP contribution < -0.4 is 0 Å². The second-order valence-electron chi connectivity index (χ2n) is 4.70. The monoisotopic (exact) mass is 201 g/mol. The summed E-state index contributed by atoms with van der Waals surface area (Å²) in [6.45, 7) is 7.89. The largest absolute Gasteiger partial charge is 0.390 e. The van der Waals surface area contributed by atoms with Gasteiger partial charge in [-0.3, -0.25) is 0 Å². The second kappa shape index (κ2) is 4.60. The highest BCUT2D eigenvalue weighted by Gasteiger charge is 2.34. The standard InChI is InChI=1S/C11H23NO2/c1-4-9(2)12-7-5-10(13)11(3,14)6-8-12/h9-10,13-14H,4-8H2,1-3H3/t9-,10+,11+/m0/s1. The molecule has 0 amide bonds. The van der Waals surface area contributed by atoms with Crippen molar-refractivity contribution in [3.63, 3.8) is 0 Å². The van der Waals surface area contributed by atoms with Crippen LogP contribution in [0.5, 0.6) is 0 Å². The quantitative estimate of drug-likeness (QED) is 0.700. The molecular formula is C11H23NO2. The maximum absolute atomic E-state index is 9.92. The molecule has 1 rings (SSSR count). The van der Waals surface area contributed by atoms with Crippen LogP contribution in [0.15, 0.2) is 0 Å². The van der Waals surface area contributed by atoms with E-state index in [4.69, 9.17) is 0 Å². The highest BCUT2D eigenvalue weighted by atomic mass is 16.3. The molecule has 3 nitrogen and oxygen atoms in total. The van der Waals surface area contributed by atoms with Crippen molar-refractivity contribution >= 4 is 0 Å².